The molecule has 2 aliphatic carbocycles. The largest absolute Gasteiger partial charge is 0.352 e. The Morgan fingerprint density at radius 2 is 1.86 bits per heavy atom. The van der Waals surface area contributed by atoms with E-state index in [1.807, 2.05) is 6.07 Å². The van der Waals surface area contributed by atoms with Crippen molar-refractivity contribution in [2.75, 3.05) is 0 Å². The molecule has 5 aliphatic rings. The van der Waals surface area contributed by atoms with Gasteiger partial charge in [-0.15, -0.1) is 0 Å². The van der Waals surface area contributed by atoms with Crippen molar-refractivity contribution in [1.29, 1.82) is 0 Å². The Morgan fingerprint density at radius 3 is 2.62 bits per heavy atom. The van der Waals surface area contributed by atoms with Crippen LogP contribution in [-0.2, 0) is 6.54 Å². The molecule has 0 amide bonds. The minimum absolute atomic E-state index is 0.204. The number of aliphatic imine (C=N–C) groups is 1. The Balaban J connectivity index is 1.66. The van der Waals surface area contributed by atoms with E-state index in [1.165, 1.54) is 44.0 Å². The van der Waals surface area contributed by atoms with Crippen molar-refractivity contribution in [3.63, 3.8) is 0 Å². The van der Waals surface area contributed by atoms with Crippen LogP contribution in [0.1, 0.15) is 37.7 Å². The highest BCUT2D eigenvalue weighted by atomic mass is 35.5. The summed E-state index contributed by atoms with van der Waals surface area (Å²) in [4.78, 5) is 7.28. The second kappa shape index (κ2) is 4.22. The quantitative estimate of drug-likeness (QED) is 0.687. The smallest absolute Gasteiger partial charge is 0.131 e. The Bertz CT molecular complexity index is 642. The van der Waals surface area contributed by atoms with E-state index in [4.69, 9.17) is 16.6 Å². The molecule has 3 aliphatic heterocycles. The van der Waals surface area contributed by atoms with E-state index in [-0.39, 0.29) is 5.82 Å². The lowest BCUT2D eigenvalue weighted by atomic mass is 9.68. The van der Waals surface area contributed by atoms with Gasteiger partial charge in [0, 0.05) is 29.1 Å². The summed E-state index contributed by atoms with van der Waals surface area (Å²) in [6.45, 7) is 0.678. The molecule has 2 nitrogen and oxygen atoms in total. The highest BCUT2D eigenvalue weighted by molar-refractivity contribution is 6.30. The third-order valence-electron chi connectivity index (χ3n) is 5.91. The SMILES string of the molecule is Fc1cc(Cl)cc2c1CN1C(=N2)C2C[C@H]3CC1C[C@H](C2)C3. The van der Waals surface area contributed by atoms with E-state index >= 15 is 0 Å². The molecule has 0 radical (unpaired) electrons. The first-order valence-electron chi connectivity index (χ1n) is 8.00. The van der Waals surface area contributed by atoms with E-state index < -0.39 is 0 Å². The first-order chi connectivity index (χ1) is 10.2. The lowest BCUT2D eigenvalue weighted by molar-refractivity contribution is 0.127. The predicted molar refractivity (Wildman–Crippen MR) is 81.4 cm³/mol. The summed E-state index contributed by atoms with van der Waals surface area (Å²) < 4.78 is 14.2. The van der Waals surface area contributed by atoms with Gasteiger partial charge in [-0.2, -0.15) is 0 Å². The zero-order valence-electron chi connectivity index (χ0n) is 11.9. The molecule has 2 atom stereocenters. The van der Waals surface area contributed by atoms with Crippen molar-refractivity contribution in [2.24, 2.45) is 22.7 Å². The number of halogens is 2. The van der Waals surface area contributed by atoms with Crippen LogP contribution in [0.5, 0.6) is 0 Å². The first kappa shape index (κ1) is 12.5. The molecule has 6 rings (SSSR count). The minimum atomic E-state index is -0.204. The van der Waals surface area contributed by atoms with Crippen LogP contribution < -0.4 is 0 Å². The normalized spacial score (nSPS) is 36.1. The van der Waals surface area contributed by atoms with Crippen molar-refractivity contribution in [2.45, 2.75) is 44.7 Å². The van der Waals surface area contributed by atoms with Crippen LogP contribution in [0.4, 0.5) is 10.1 Å². The van der Waals surface area contributed by atoms with Crippen LogP contribution in [0.2, 0.25) is 5.02 Å². The van der Waals surface area contributed by atoms with E-state index in [9.17, 15) is 4.39 Å². The van der Waals surface area contributed by atoms with Crippen molar-refractivity contribution in [3.8, 4) is 0 Å². The standard InChI is InChI=1S/C17H18ClFN2/c18-12-6-15(19)14-8-21-13-4-9-1-10(5-13)3-11(2-9)17(21)20-16(14)7-12/h6-7,9-11,13H,1-5,8H2/t9-,10-,11?,13?/m0/s1. The van der Waals surface area contributed by atoms with E-state index in [0.717, 1.165) is 23.1 Å². The van der Waals surface area contributed by atoms with Gasteiger partial charge < -0.3 is 4.90 Å². The maximum atomic E-state index is 14.2. The predicted octanol–water partition coefficient (Wildman–Crippen LogP) is 4.53. The van der Waals surface area contributed by atoms with Crippen LogP contribution in [0.15, 0.2) is 17.1 Å². The minimum Gasteiger partial charge on any atom is -0.352 e. The second-order valence-electron chi connectivity index (χ2n) is 7.24. The van der Waals surface area contributed by atoms with Crippen molar-refractivity contribution >= 4 is 23.1 Å². The molecular weight excluding hydrogens is 287 g/mol. The third kappa shape index (κ3) is 1.79. The Labute approximate surface area is 129 Å². The van der Waals surface area contributed by atoms with E-state index in [0.29, 0.717) is 23.5 Å². The molecule has 21 heavy (non-hydrogen) atoms. The zero-order chi connectivity index (χ0) is 14.1. The number of rotatable bonds is 0. The van der Waals surface area contributed by atoms with Gasteiger partial charge >= 0.3 is 0 Å². The fourth-order valence-corrected chi connectivity index (χ4v) is 5.41. The Hall–Kier alpha value is -1.09. The molecule has 4 heteroatoms. The molecule has 0 N–H and O–H groups in total. The molecular formula is C17H18ClFN2. The summed E-state index contributed by atoms with van der Waals surface area (Å²) in [6, 6.07) is 3.81. The van der Waals surface area contributed by atoms with Crippen LogP contribution in [-0.4, -0.2) is 16.8 Å². The molecule has 1 aromatic rings. The van der Waals surface area contributed by atoms with Gasteiger partial charge in [0.25, 0.3) is 0 Å². The summed E-state index contributed by atoms with van der Waals surface area (Å²) in [5.74, 6) is 3.31. The van der Waals surface area contributed by atoms with Crippen LogP contribution >= 0.6 is 11.6 Å². The summed E-state index contributed by atoms with van der Waals surface area (Å²) in [7, 11) is 0. The van der Waals surface area contributed by atoms with Crippen molar-refractivity contribution < 1.29 is 4.39 Å². The molecule has 4 fully saturated rings. The van der Waals surface area contributed by atoms with Gasteiger partial charge in [-0.25, -0.2) is 9.38 Å². The average molecular weight is 305 g/mol. The molecule has 4 bridgehead atoms. The molecule has 0 spiro atoms. The number of hydrogen-bond acceptors (Lipinski definition) is 2. The Kier molecular flexibility index (Phi) is 2.50. The van der Waals surface area contributed by atoms with E-state index in [1.54, 1.807) is 0 Å². The fraction of sp³-hybridized carbons (Fsp3) is 0.588. The van der Waals surface area contributed by atoms with Gasteiger partial charge in [0.05, 0.1) is 5.69 Å². The average Bonchev–Trinajstić information content (AvgIpc) is 2.59. The monoisotopic (exact) mass is 304 g/mol. The number of nitrogens with zero attached hydrogens (tertiary/aromatic N) is 2. The molecule has 110 valence electrons. The third-order valence-corrected chi connectivity index (χ3v) is 6.13. The molecule has 3 heterocycles. The number of benzene rings is 1. The molecule has 0 unspecified atom stereocenters. The van der Waals surface area contributed by atoms with Crippen LogP contribution in [0.3, 0.4) is 0 Å². The first-order valence-corrected chi connectivity index (χ1v) is 8.38. The second-order valence-corrected chi connectivity index (χ2v) is 7.68. The van der Waals surface area contributed by atoms with Gasteiger partial charge in [0.1, 0.15) is 11.7 Å². The zero-order valence-corrected chi connectivity index (χ0v) is 12.6. The van der Waals surface area contributed by atoms with E-state index in [2.05, 4.69) is 4.90 Å². The van der Waals surface area contributed by atoms with Crippen molar-refractivity contribution in [1.82, 2.24) is 4.90 Å². The number of fused-ring (bicyclic) bond motifs is 1. The summed E-state index contributed by atoms with van der Waals surface area (Å²) in [5, 5.41) is 0.448. The maximum absolute atomic E-state index is 14.2. The van der Waals surface area contributed by atoms with Crippen LogP contribution in [0.25, 0.3) is 0 Å². The van der Waals surface area contributed by atoms with Gasteiger partial charge in [0.2, 0.25) is 0 Å². The lowest BCUT2D eigenvalue weighted by Crippen LogP contribution is -2.42. The molecule has 2 saturated heterocycles. The van der Waals surface area contributed by atoms with Gasteiger partial charge in [0.15, 0.2) is 0 Å². The van der Waals surface area contributed by atoms with Gasteiger partial charge in [-0.05, 0) is 56.1 Å². The Morgan fingerprint density at radius 1 is 1.10 bits per heavy atom. The van der Waals surface area contributed by atoms with Crippen LogP contribution in [0, 0.1) is 23.6 Å². The molecule has 2 saturated carbocycles. The van der Waals surface area contributed by atoms with Gasteiger partial charge in [-0.3, -0.25) is 0 Å². The maximum Gasteiger partial charge on any atom is 0.131 e. The van der Waals surface area contributed by atoms with Gasteiger partial charge in [-0.1, -0.05) is 11.6 Å². The summed E-state index contributed by atoms with van der Waals surface area (Å²) >= 11 is 6.01. The lowest BCUT2D eigenvalue weighted by Gasteiger charge is -2.39. The fourth-order valence-electron chi connectivity index (χ4n) is 5.21. The van der Waals surface area contributed by atoms with Crippen molar-refractivity contribution in [3.05, 3.63) is 28.5 Å². The summed E-state index contributed by atoms with van der Waals surface area (Å²) in [5.41, 5.74) is 1.48. The molecule has 0 aromatic heterocycles. The summed E-state index contributed by atoms with van der Waals surface area (Å²) in [6.07, 6.45) is 6.51. The number of amidine groups is 1. The highest BCUT2D eigenvalue weighted by Gasteiger charge is 2.46. The highest BCUT2D eigenvalue weighted by Crippen LogP contribution is 2.50. The molecule has 1 aromatic carbocycles. The topological polar surface area (TPSA) is 15.6 Å². The number of hydrogen-bond donors (Lipinski definition) is 0.